The lowest BCUT2D eigenvalue weighted by Gasteiger charge is -2.07. The minimum atomic E-state index is 0.351. The minimum absolute atomic E-state index is 0.351. The topological polar surface area (TPSA) is 27.1 Å². The van der Waals surface area contributed by atoms with Crippen LogP contribution in [0.2, 0.25) is 0 Å². The normalized spacial score (nSPS) is 13.2. The highest BCUT2D eigenvalue weighted by molar-refractivity contribution is 9.09. The lowest BCUT2D eigenvalue weighted by molar-refractivity contribution is 0.200. The van der Waals surface area contributed by atoms with Crippen molar-refractivity contribution in [3.8, 4) is 0 Å². The SMILES string of the molecule is COCC(Br)Cc1nccn1C. The minimum Gasteiger partial charge on any atom is -0.384 e. The van der Waals surface area contributed by atoms with Crippen molar-refractivity contribution < 1.29 is 4.74 Å². The van der Waals surface area contributed by atoms with Gasteiger partial charge in [0.15, 0.2) is 0 Å². The molecule has 0 amide bonds. The summed E-state index contributed by atoms with van der Waals surface area (Å²) in [6.07, 6.45) is 4.65. The van der Waals surface area contributed by atoms with Gasteiger partial charge < -0.3 is 9.30 Å². The third-order valence-corrected chi connectivity index (χ3v) is 2.26. The zero-order valence-electron chi connectivity index (χ0n) is 7.33. The Morgan fingerprint density at radius 2 is 2.50 bits per heavy atom. The summed E-state index contributed by atoms with van der Waals surface area (Å²) in [5, 5.41) is 0. The van der Waals surface area contributed by atoms with Crippen LogP contribution in [-0.2, 0) is 18.2 Å². The van der Waals surface area contributed by atoms with Crippen LogP contribution in [0.25, 0.3) is 0 Å². The fourth-order valence-electron chi connectivity index (χ4n) is 1.03. The number of rotatable bonds is 4. The van der Waals surface area contributed by atoms with Crippen LogP contribution in [0.5, 0.6) is 0 Å². The van der Waals surface area contributed by atoms with E-state index >= 15 is 0 Å². The van der Waals surface area contributed by atoms with Gasteiger partial charge in [0.25, 0.3) is 0 Å². The molecular formula is C8H13BrN2O. The van der Waals surface area contributed by atoms with Crippen molar-refractivity contribution in [2.45, 2.75) is 11.2 Å². The van der Waals surface area contributed by atoms with Crippen LogP contribution in [0.15, 0.2) is 12.4 Å². The van der Waals surface area contributed by atoms with E-state index < -0.39 is 0 Å². The lowest BCUT2D eigenvalue weighted by atomic mass is 10.3. The second-order valence-electron chi connectivity index (χ2n) is 2.71. The van der Waals surface area contributed by atoms with Gasteiger partial charge in [0, 0.05) is 37.8 Å². The maximum Gasteiger partial charge on any atom is 0.109 e. The van der Waals surface area contributed by atoms with Gasteiger partial charge >= 0.3 is 0 Å². The summed E-state index contributed by atoms with van der Waals surface area (Å²) in [5.74, 6) is 1.08. The monoisotopic (exact) mass is 232 g/mol. The molecule has 68 valence electrons. The highest BCUT2D eigenvalue weighted by Gasteiger charge is 2.07. The largest absolute Gasteiger partial charge is 0.384 e. The number of alkyl halides is 1. The fraction of sp³-hybridized carbons (Fsp3) is 0.625. The molecule has 1 unspecified atom stereocenters. The van der Waals surface area contributed by atoms with E-state index in [1.165, 1.54) is 0 Å². The molecule has 0 saturated heterocycles. The highest BCUT2D eigenvalue weighted by atomic mass is 79.9. The van der Waals surface area contributed by atoms with Gasteiger partial charge in [0.1, 0.15) is 5.82 Å². The summed E-state index contributed by atoms with van der Waals surface area (Å²) in [5.41, 5.74) is 0. The first kappa shape index (κ1) is 9.74. The molecule has 0 aliphatic carbocycles. The van der Waals surface area contributed by atoms with E-state index in [1.807, 2.05) is 24.0 Å². The van der Waals surface area contributed by atoms with Crippen molar-refractivity contribution in [1.29, 1.82) is 0 Å². The molecule has 4 heteroatoms. The van der Waals surface area contributed by atoms with E-state index in [0.29, 0.717) is 11.4 Å². The number of hydrogen-bond donors (Lipinski definition) is 0. The van der Waals surface area contributed by atoms with Crippen LogP contribution in [0.4, 0.5) is 0 Å². The average Bonchev–Trinajstić information content (AvgIpc) is 2.37. The Hall–Kier alpha value is -0.350. The molecule has 0 aromatic carbocycles. The third kappa shape index (κ3) is 2.60. The van der Waals surface area contributed by atoms with Gasteiger partial charge in [-0.1, -0.05) is 15.9 Å². The standard InChI is InChI=1S/C8H13BrN2O/c1-11-4-3-10-8(11)5-7(9)6-12-2/h3-4,7H,5-6H2,1-2H3. The molecule has 1 atom stereocenters. The first-order valence-corrected chi connectivity index (χ1v) is 4.75. The van der Waals surface area contributed by atoms with Crippen molar-refractivity contribution in [3.63, 3.8) is 0 Å². The molecule has 0 aliphatic rings. The highest BCUT2D eigenvalue weighted by Crippen LogP contribution is 2.07. The van der Waals surface area contributed by atoms with Crippen LogP contribution in [-0.4, -0.2) is 28.1 Å². The molecule has 1 aromatic rings. The van der Waals surface area contributed by atoms with Crippen molar-refractivity contribution >= 4 is 15.9 Å². The summed E-state index contributed by atoms with van der Waals surface area (Å²) in [6.45, 7) is 0.715. The van der Waals surface area contributed by atoms with Crippen LogP contribution in [0, 0.1) is 0 Å². The summed E-state index contributed by atoms with van der Waals surface area (Å²) in [4.78, 5) is 4.57. The number of halogens is 1. The van der Waals surface area contributed by atoms with E-state index in [-0.39, 0.29) is 0 Å². The first-order chi connectivity index (χ1) is 5.74. The number of nitrogens with zero attached hydrogens (tertiary/aromatic N) is 2. The molecule has 0 radical (unpaired) electrons. The van der Waals surface area contributed by atoms with Crippen molar-refractivity contribution in [2.24, 2.45) is 7.05 Å². The van der Waals surface area contributed by atoms with Gasteiger partial charge in [0.2, 0.25) is 0 Å². The van der Waals surface area contributed by atoms with E-state index in [0.717, 1.165) is 12.2 Å². The predicted molar refractivity (Wildman–Crippen MR) is 51.5 cm³/mol. The number of aryl methyl sites for hydroxylation is 1. The van der Waals surface area contributed by atoms with Gasteiger partial charge in [-0.15, -0.1) is 0 Å². The smallest absolute Gasteiger partial charge is 0.109 e. The second-order valence-corrected chi connectivity index (χ2v) is 4.01. The Morgan fingerprint density at radius 3 is 3.00 bits per heavy atom. The van der Waals surface area contributed by atoms with Crippen LogP contribution in [0.1, 0.15) is 5.82 Å². The number of imidazole rings is 1. The van der Waals surface area contributed by atoms with Gasteiger partial charge in [-0.05, 0) is 0 Å². The molecule has 0 N–H and O–H groups in total. The Morgan fingerprint density at radius 1 is 1.75 bits per heavy atom. The number of hydrogen-bond acceptors (Lipinski definition) is 2. The van der Waals surface area contributed by atoms with E-state index in [4.69, 9.17) is 4.74 Å². The van der Waals surface area contributed by atoms with Crippen LogP contribution < -0.4 is 0 Å². The van der Waals surface area contributed by atoms with E-state index in [2.05, 4.69) is 20.9 Å². The molecular weight excluding hydrogens is 220 g/mol. The molecule has 1 aromatic heterocycles. The summed E-state index contributed by atoms with van der Waals surface area (Å²) < 4.78 is 7.03. The van der Waals surface area contributed by atoms with Gasteiger partial charge in [0.05, 0.1) is 6.61 Å². The van der Waals surface area contributed by atoms with Crippen LogP contribution >= 0.6 is 15.9 Å². The molecule has 1 heterocycles. The summed E-state index contributed by atoms with van der Waals surface area (Å²) in [6, 6.07) is 0. The molecule has 12 heavy (non-hydrogen) atoms. The van der Waals surface area contributed by atoms with Crippen LogP contribution in [0.3, 0.4) is 0 Å². The number of methoxy groups -OCH3 is 1. The van der Waals surface area contributed by atoms with Crippen molar-refractivity contribution in [1.82, 2.24) is 9.55 Å². The average molecular weight is 233 g/mol. The zero-order chi connectivity index (χ0) is 8.97. The molecule has 0 saturated carbocycles. The van der Waals surface area contributed by atoms with Crippen molar-refractivity contribution in [3.05, 3.63) is 18.2 Å². The van der Waals surface area contributed by atoms with Gasteiger partial charge in [-0.3, -0.25) is 0 Å². The predicted octanol–water partition coefficient (Wildman–Crippen LogP) is 1.37. The van der Waals surface area contributed by atoms with E-state index in [9.17, 15) is 0 Å². The summed E-state index contributed by atoms with van der Waals surface area (Å²) in [7, 11) is 3.70. The zero-order valence-corrected chi connectivity index (χ0v) is 8.91. The molecule has 0 aliphatic heterocycles. The first-order valence-electron chi connectivity index (χ1n) is 3.83. The maximum absolute atomic E-state index is 5.01. The maximum atomic E-state index is 5.01. The lowest BCUT2D eigenvalue weighted by Crippen LogP contribution is -2.12. The number of aromatic nitrogens is 2. The molecule has 3 nitrogen and oxygen atoms in total. The van der Waals surface area contributed by atoms with Gasteiger partial charge in [-0.25, -0.2) is 4.98 Å². The molecule has 0 bridgehead atoms. The Labute approximate surface area is 80.9 Å². The third-order valence-electron chi connectivity index (χ3n) is 1.67. The van der Waals surface area contributed by atoms with Gasteiger partial charge in [-0.2, -0.15) is 0 Å². The summed E-state index contributed by atoms with van der Waals surface area (Å²) >= 11 is 3.52. The fourth-order valence-corrected chi connectivity index (χ4v) is 1.58. The van der Waals surface area contributed by atoms with E-state index in [1.54, 1.807) is 7.11 Å². The van der Waals surface area contributed by atoms with Crippen molar-refractivity contribution in [2.75, 3.05) is 13.7 Å². The quantitative estimate of drug-likeness (QED) is 0.734. The molecule has 0 fully saturated rings. The second kappa shape index (κ2) is 4.62. The Bertz CT molecular complexity index is 237. The molecule has 1 rings (SSSR count). The Balaban J connectivity index is 2.46. The number of ether oxygens (including phenoxy) is 1. The molecule has 0 spiro atoms. The Kier molecular flexibility index (Phi) is 3.75.